The molecule has 0 aliphatic carbocycles. The summed E-state index contributed by atoms with van der Waals surface area (Å²) in [5.74, 6) is -0.689. The number of alkyl halides is 3. The van der Waals surface area contributed by atoms with Gasteiger partial charge in [-0.3, -0.25) is 14.1 Å². The van der Waals surface area contributed by atoms with E-state index in [1.807, 2.05) is 0 Å². The molecular weight excluding hydrogens is 523 g/mol. The molecule has 0 aliphatic heterocycles. The van der Waals surface area contributed by atoms with Gasteiger partial charge in [0, 0.05) is 23.5 Å². The highest BCUT2D eigenvalue weighted by molar-refractivity contribution is 7.85. The zero-order valence-electron chi connectivity index (χ0n) is 18.5. The first-order valence-electron chi connectivity index (χ1n) is 9.82. The molecule has 0 bridgehead atoms. The standard InChI is InChI=1S/C22H15ClF3N3O2.CH4O3S/c23-17-8-9-19(27-13-17)29-20(30)10-7-14-3-1-4-15(11-14)21(31)28-18-6-2-5-16(12-18)22(24,25)26;1-5(2,3)4/h1-13H,(H,28,31)(H,27,29,30);1H3,(H,2,3,4). The molecule has 0 radical (unpaired) electrons. The summed E-state index contributed by atoms with van der Waals surface area (Å²) < 4.78 is 64.3. The predicted molar refractivity (Wildman–Crippen MR) is 130 cm³/mol. The van der Waals surface area contributed by atoms with Gasteiger partial charge in [-0.1, -0.05) is 29.8 Å². The molecule has 1 aromatic heterocycles. The molecule has 3 rings (SSSR count). The molecule has 0 spiro atoms. The Kier molecular flexibility index (Phi) is 9.73. The molecule has 0 aliphatic rings. The number of aromatic nitrogens is 1. The summed E-state index contributed by atoms with van der Waals surface area (Å²) in [5.41, 5.74) is -0.0611. The van der Waals surface area contributed by atoms with E-state index in [0.29, 0.717) is 22.7 Å². The third kappa shape index (κ3) is 10.7. The fraction of sp³-hybridized carbons (Fsp3) is 0.0870. The summed E-state index contributed by atoms with van der Waals surface area (Å²) in [6, 6.07) is 13.8. The van der Waals surface area contributed by atoms with Crippen LogP contribution < -0.4 is 10.6 Å². The van der Waals surface area contributed by atoms with Gasteiger partial charge in [-0.15, -0.1) is 0 Å². The van der Waals surface area contributed by atoms with Crippen molar-refractivity contribution in [1.82, 2.24) is 4.98 Å². The van der Waals surface area contributed by atoms with Gasteiger partial charge in [0.05, 0.1) is 16.8 Å². The molecule has 13 heteroatoms. The average molecular weight is 542 g/mol. The maximum absolute atomic E-state index is 12.8. The topological polar surface area (TPSA) is 125 Å². The minimum absolute atomic E-state index is 0.0237. The molecule has 0 fully saturated rings. The van der Waals surface area contributed by atoms with Crippen molar-refractivity contribution < 1.29 is 35.7 Å². The zero-order valence-corrected chi connectivity index (χ0v) is 20.0. The number of amides is 2. The first kappa shape index (κ1) is 28.5. The van der Waals surface area contributed by atoms with Crippen molar-refractivity contribution in [3.63, 3.8) is 0 Å². The number of halogens is 4. The van der Waals surface area contributed by atoms with E-state index < -0.39 is 33.7 Å². The molecule has 0 saturated carbocycles. The average Bonchev–Trinajstić information content (AvgIpc) is 2.78. The SMILES string of the molecule is CS(=O)(=O)O.O=C(C=Cc1cccc(C(=O)Nc2cccc(C(F)(F)F)c2)c1)Nc1ccc(Cl)cn1. The Balaban J connectivity index is 0.000000830. The van der Waals surface area contributed by atoms with E-state index in [0.717, 1.165) is 12.1 Å². The van der Waals surface area contributed by atoms with Crippen LogP contribution in [-0.4, -0.2) is 36.0 Å². The summed E-state index contributed by atoms with van der Waals surface area (Å²) in [6.45, 7) is 0. The molecule has 2 amide bonds. The van der Waals surface area contributed by atoms with Gasteiger partial charge in [-0.25, -0.2) is 4.98 Å². The quantitative estimate of drug-likeness (QED) is 0.302. The van der Waals surface area contributed by atoms with Gasteiger partial charge < -0.3 is 10.6 Å². The van der Waals surface area contributed by atoms with Crippen LogP contribution in [0.15, 0.2) is 72.9 Å². The highest BCUT2D eigenvalue weighted by Crippen LogP contribution is 2.30. The van der Waals surface area contributed by atoms with E-state index >= 15 is 0 Å². The van der Waals surface area contributed by atoms with Crippen LogP contribution in [0.2, 0.25) is 5.02 Å². The van der Waals surface area contributed by atoms with Gasteiger partial charge in [0.25, 0.3) is 16.0 Å². The number of carbonyl (C=O) groups is 2. The van der Waals surface area contributed by atoms with Gasteiger partial charge in [0.1, 0.15) is 5.82 Å². The summed E-state index contributed by atoms with van der Waals surface area (Å²) in [6.07, 6.45) is 0.361. The molecule has 1 heterocycles. The maximum atomic E-state index is 12.8. The lowest BCUT2D eigenvalue weighted by Crippen LogP contribution is -2.13. The Morgan fingerprint density at radius 2 is 1.69 bits per heavy atom. The summed E-state index contributed by atoms with van der Waals surface area (Å²) in [4.78, 5) is 28.4. The second kappa shape index (κ2) is 12.3. The fourth-order valence-corrected chi connectivity index (χ4v) is 2.66. The molecule has 2 aromatic carbocycles. The first-order chi connectivity index (χ1) is 16.7. The van der Waals surface area contributed by atoms with Crippen LogP contribution in [0.5, 0.6) is 0 Å². The van der Waals surface area contributed by atoms with Gasteiger partial charge in [-0.05, 0) is 54.1 Å². The number of anilines is 2. The third-order valence-corrected chi connectivity index (χ3v) is 4.23. The van der Waals surface area contributed by atoms with Crippen molar-refractivity contribution in [3.05, 3.63) is 94.6 Å². The number of pyridine rings is 1. The van der Waals surface area contributed by atoms with Crippen molar-refractivity contribution in [2.24, 2.45) is 0 Å². The van der Waals surface area contributed by atoms with E-state index in [-0.39, 0.29) is 11.3 Å². The largest absolute Gasteiger partial charge is 0.416 e. The van der Waals surface area contributed by atoms with Crippen LogP contribution in [0.3, 0.4) is 0 Å². The summed E-state index contributed by atoms with van der Waals surface area (Å²) in [5, 5.41) is 5.44. The fourth-order valence-electron chi connectivity index (χ4n) is 2.55. The number of hydrogen-bond donors (Lipinski definition) is 3. The number of nitrogens with zero attached hydrogens (tertiary/aromatic N) is 1. The third-order valence-electron chi connectivity index (χ3n) is 4.00. The number of benzene rings is 2. The molecule has 190 valence electrons. The normalized spacial score (nSPS) is 11.4. The number of rotatable bonds is 5. The van der Waals surface area contributed by atoms with E-state index in [2.05, 4.69) is 15.6 Å². The Labute approximate surface area is 209 Å². The van der Waals surface area contributed by atoms with Crippen LogP contribution in [0.25, 0.3) is 6.08 Å². The second-order valence-corrected chi connectivity index (χ2v) is 8.98. The van der Waals surface area contributed by atoms with Crippen molar-refractivity contribution in [2.75, 3.05) is 16.9 Å². The molecule has 0 saturated heterocycles. The molecule has 8 nitrogen and oxygen atoms in total. The number of carbonyl (C=O) groups excluding carboxylic acids is 2. The van der Waals surface area contributed by atoms with Gasteiger partial charge in [0.15, 0.2) is 0 Å². The first-order valence-corrected chi connectivity index (χ1v) is 12.0. The van der Waals surface area contributed by atoms with E-state index in [9.17, 15) is 31.2 Å². The molecule has 3 N–H and O–H groups in total. The lowest BCUT2D eigenvalue weighted by Gasteiger charge is -2.10. The molecular formula is C23H19ClF3N3O5S. The van der Waals surface area contributed by atoms with Crippen molar-refractivity contribution in [2.45, 2.75) is 6.18 Å². The monoisotopic (exact) mass is 541 g/mol. The Bertz CT molecular complexity index is 1350. The smallest absolute Gasteiger partial charge is 0.322 e. The molecule has 36 heavy (non-hydrogen) atoms. The van der Waals surface area contributed by atoms with E-state index in [4.69, 9.17) is 16.2 Å². The van der Waals surface area contributed by atoms with Crippen molar-refractivity contribution in [3.8, 4) is 0 Å². The van der Waals surface area contributed by atoms with Crippen LogP contribution in [0.4, 0.5) is 24.7 Å². The van der Waals surface area contributed by atoms with Crippen LogP contribution in [0.1, 0.15) is 21.5 Å². The predicted octanol–water partition coefficient (Wildman–Crippen LogP) is 5.16. The lowest BCUT2D eigenvalue weighted by molar-refractivity contribution is -0.137. The van der Waals surface area contributed by atoms with Gasteiger partial charge in [-0.2, -0.15) is 21.6 Å². The second-order valence-electron chi connectivity index (χ2n) is 7.08. The minimum Gasteiger partial charge on any atom is -0.322 e. The number of nitrogens with one attached hydrogen (secondary N) is 2. The minimum atomic E-state index is -4.51. The van der Waals surface area contributed by atoms with Crippen LogP contribution in [0, 0.1) is 0 Å². The number of hydrogen-bond acceptors (Lipinski definition) is 5. The van der Waals surface area contributed by atoms with Crippen molar-refractivity contribution in [1.29, 1.82) is 0 Å². The summed E-state index contributed by atoms with van der Waals surface area (Å²) >= 11 is 5.74. The van der Waals surface area contributed by atoms with Gasteiger partial charge >= 0.3 is 6.18 Å². The molecule has 3 aromatic rings. The molecule has 0 unspecified atom stereocenters. The maximum Gasteiger partial charge on any atom is 0.416 e. The Morgan fingerprint density at radius 1 is 1.03 bits per heavy atom. The molecule has 0 atom stereocenters. The van der Waals surface area contributed by atoms with Crippen molar-refractivity contribution >= 4 is 51.1 Å². The lowest BCUT2D eigenvalue weighted by atomic mass is 10.1. The van der Waals surface area contributed by atoms with Crippen LogP contribution in [-0.2, 0) is 21.1 Å². The zero-order chi connectivity index (χ0) is 26.9. The van der Waals surface area contributed by atoms with Crippen LogP contribution >= 0.6 is 11.6 Å². The Morgan fingerprint density at radius 3 is 2.31 bits per heavy atom. The van der Waals surface area contributed by atoms with E-state index in [1.54, 1.807) is 24.3 Å². The van der Waals surface area contributed by atoms with E-state index in [1.165, 1.54) is 42.6 Å². The summed E-state index contributed by atoms with van der Waals surface area (Å²) in [7, 11) is -3.67. The Hall–Kier alpha value is -3.74. The van der Waals surface area contributed by atoms with Gasteiger partial charge in [0.2, 0.25) is 5.91 Å². The highest BCUT2D eigenvalue weighted by Gasteiger charge is 2.30. The highest BCUT2D eigenvalue weighted by atomic mass is 35.5.